The van der Waals surface area contributed by atoms with Gasteiger partial charge in [0.25, 0.3) is 0 Å². The highest BCUT2D eigenvalue weighted by atomic mass is 16.1. The number of hydrogen-bond donors (Lipinski definition) is 2. The molecule has 1 aliphatic carbocycles. The van der Waals surface area contributed by atoms with Crippen LogP contribution in [0.15, 0.2) is 0 Å². The highest BCUT2D eigenvalue weighted by molar-refractivity contribution is 5.76. The molecule has 3 nitrogen and oxygen atoms in total. The lowest BCUT2D eigenvalue weighted by molar-refractivity contribution is -0.122. The van der Waals surface area contributed by atoms with Crippen LogP contribution < -0.4 is 11.1 Å². The second-order valence-corrected chi connectivity index (χ2v) is 4.61. The van der Waals surface area contributed by atoms with Gasteiger partial charge in [-0.2, -0.15) is 0 Å². The molecular formula is C11H22N2O. The molecule has 0 radical (unpaired) electrons. The Morgan fingerprint density at radius 2 is 2.14 bits per heavy atom. The average molecular weight is 198 g/mol. The van der Waals surface area contributed by atoms with Crippen molar-refractivity contribution in [2.75, 3.05) is 6.54 Å². The highest BCUT2D eigenvalue weighted by Gasteiger charge is 2.25. The van der Waals surface area contributed by atoms with E-state index in [2.05, 4.69) is 19.2 Å². The summed E-state index contributed by atoms with van der Waals surface area (Å²) in [6, 6.07) is 0.380. The SMILES string of the molecule is CC1CCC(NC(=O)CCN)C(C)C1. The molecule has 0 heterocycles. The maximum atomic E-state index is 11.3. The number of nitrogens with two attached hydrogens (primary N) is 1. The van der Waals surface area contributed by atoms with Crippen LogP contribution in [-0.4, -0.2) is 18.5 Å². The summed E-state index contributed by atoms with van der Waals surface area (Å²) < 4.78 is 0. The van der Waals surface area contributed by atoms with Gasteiger partial charge in [0.2, 0.25) is 5.91 Å². The maximum absolute atomic E-state index is 11.3. The van der Waals surface area contributed by atoms with Gasteiger partial charge in [-0.15, -0.1) is 0 Å². The predicted molar refractivity (Wildman–Crippen MR) is 57.8 cm³/mol. The number of nitrogens with one attached hydrogen (secondary N) is 1. The Balaban J connectivity index is 2.33. The van der Waals surface area contributed by atoms with Crippen LogP contribution in [0.5, 0.6) is 0 Å². The van der Waals surface area contributed by atoms with E-state index in [4.69, 9.17) is 5.73 Å². The fraction of sp³-hybridized carbons (Fsp3) is 0.909. The molecular weight excluding hydrogens is 176 g/mol. The summed E-state index contributed by atoms with van der Waals surface area (Å²) in [5, 5.41) is 3.07. The normalized spacial score (nSPS) is 32.6. The maximum Gasteiger partial charge on any atom is 0.221 e. The van der Waals surface area contributed by atoms with E-state index in [-0.39, 0.29) is 5.91 Å². The van der Waals surface area contributed by atoms with Gasteiger partial charge < -0.3 is 11.1 Å². The Morgan fingerprint density at radius 1 is 1.43 bits per heavy atom. The zero-order valence-electron chi connectivity index (χ0n) is 9.25. The highest BCUT2D eigenvalue weighted by Crippen LogP contribution is 2.28. The van der Waals surface area contributed by atoms with Crippen molar-refractivity contribution in [1.82, 2.24) is 5.32 Å². The van der Waals surface area contributed by atoms with Gasteiger partial charge in [-0.1, -0.05) is 13.8 Å². The Morgan fingerprint density at radius 3 is 2.71 bits per heavy atom. The number of rotatable bonds is 3. The van der Waals surface area contributed by atoms with Crippen LogP contribution in [-0.2, 0) is 4.79 Å². The van der Waals surface area contributed by atoms with E-state index >= 15 is 0 Å². The summed E-state index contributed by atoms with van der Waals surface area (Å²) in [4.78, 5) is 11.3. The molecule has 1 saturated carbocycles. The van der Waals surface area contributed by atoms with Crippen molar-refractivity contribution in [2.45, 2.75) is 45.6 Å². The van der Waals surface area contributed by atoms with Gasteiger partial charge in [-0.3, -0.25) is 4.79 Å². The molecule has 1 fully saturated rings. The van der Waals surface area contributed by atoms with Crippen molar-refractivity contribution < 1.29 is 4.79 Å². The van der Waals surface area contributed by atoms with Crippen LogP contribution in [0.2, 0.25) is 0 Å². The van der Waals surface area contributed by atoms with E-state index in [1.807, 2.05) is 0 Å². The van der Waals surface area contributed by atoms with E-state index < -0.39 is 0 Å². The van der Waals surface area contributed by atoms with Crippen LogP contribution in [0, 0.1) is 11.8 Å². The molecule has 1 rings (SSSR count). The quantitative estimate of drug-likeness (QED) is 0.717. The van der Waals surface area contributed by atoms with Gasteiger partial charge in [0.1, 0.15) is 0 Å². The molecule has 0 aliphatic heterocycles. The lowest BCUT2D eigenvalue weighted by atomic mass is 9.80. The van der Waals surface area contributed by atoms with Gasteiger partial charge >= 0.3 is 0 Å². The van der Waals surface area contributed by atoms with E-state index in [1.165, 1.54) is 12.8 Å². The molecule has 0 aromatic carbocycles. The zero-order chi connectivity index (χ0) is 10.6. The van der Waals surface area contributed by atoms with Crippen LogP contribution >= 0.6 is 0 Å². The molecule has 1 amide bonds. The lowest BCUT2D eigenvalue weighted by Crippen LogP contribution is -2.42. The van der Waals surface area contributed by atoms with Gasteiger partial charge in [-0.05, 0) is 31.1 Å². The first-order valence-electron chi connectivity index (χ1n) is 5.63. The smallest absolute Gasteiger partial charge is 0.221 e. The van der Waals surface area contributed by atoms with E-state index in [0.717, 1.165) is 12.3 Å². The van der Waals surface area contributed by atoms with Gasteiger partial charge in [0, 0.05) is 19.0 Å². The summed E-state index contributed by atoms with van der Waals surface area (Å²) in [6.07, 6.45) is 4.04. The van der Waals surface area contributed by atoms with E-state index in [0.29, 0.717) is 24.9 Å². The standard InChI is InChI=1S/C11H22N2O/c1-8-3-4-10(9(2)7-8)13-11(14)5-6-12/h8-10H,3-7,12H2,1-2H3,(H,13,14). The molecule has 3 unspecified atom stereocenters. The second kappa shape index (κ2) is 5.35. The molecule has 0 aromatic rings. The summed E-state index contributed by atoms with van der Waals surface area (Å²) in [7, 11) is 0. The molecule has 3 heteroatoms. The molecule has 3 N–H and O–H groups in total. The molecule has 14 heavy (non-hydrogen) atoms. The third kappa shape index (κ3) is 3.29. The predicted octanol–water partition coefficient (Wildman–Crippen LogP) is 1.28. The van der Waals surface area contributed by atoms with Crippen molar-refractivity contribution in [3.8, 4) is 0 Å². The average Bonchev–Trinajstić information content (AvgIpc) is 2.10. The van der Waals surface area contributed by atoms with Crippen LogP contribution in [0.4, 0.5) is 0 Å². The number of carbonyl (C=O) groups excluding carboxylic acids is 1. The third-order valence-electron chi connectivity index (χ3n) is 3.15. The summed E-state index contributed by atoms with van der Waals surface area (Å²) >= 11 is 0. The van der Waals surface area contributed by atoms with Gasteiger partial charge in [0.15, 0.2) is 0 Å². The van der Waals surface area contributed by atoms with Gasteiger partial charge in [0.05, 0.1) is 0 Å². The summed E-state index contributed by atoms with van der Waals surface area (Å²) in [6.45, 7) is 4.96. The van der Waals surface area contributed by atoms with Crippen LogP contribution in [0.1, 0.15) is 39.5 Å². The number of hydrogen-bond acceptors (Lipinski definition) is 2. The molecule has 0 aromatic heterocycles. The zero-order valence-corrected chi connectivity index (χ0v) is 9.25. The van der Waals surface area contributed by atoms with Crippen molar-refractivity contribution in [1.29, 1.82) is 0 Å². The van der Waals surface area contributed by atoms with E-state index in [1.54, 1.807) is 0 Å². The largest absolute Gasteiger partial charge is 0.353 e. The molecule has 82 valence electrons. The Bertz CT molecular complexity index is 194. The Hall–Kier alpha value is -0.570. The first-order valence-corrected chi connectivity index (χ1v) is 5.63. The van der Waals surface area contributed by atoms with E-state index in [9.17, 15) is 4.79 Å². The molecule has 1 aliphatic rings. The number of carbonyl (C=O) groups is 1. The summed E-state index contributed by atoms with van der Waals surface area (Å²) in [5.74, 6) is 1.53. The number of amides is 1. The molecule has 0 saturated heterocycles. The second-order valence-electron chi connectivity index (χ2n) is 4.61. The lowest BCUT2D eigenvalue weighted by Gasteiger charge is -2.33. The Kier molecular flexibility index (Phi) is 4.39. The van der Waals surface area contributed by atoms with Crippen molar-refractivity contribution in [3.63, 3.8) is 0 Å². The topological polar surface area (TPSA) is 55.1 Å². The monoisotopic (exact) mass is 198 g/mol. The first-order chi connectivity index (χ1) is 6.63. The fourth-order valence-corrected chi connectivity index (χ4v) is 2.29. The third-order valence-corrected chi connectivity index (χ3v) is 3.15. The minimum Gasteiger partial charge on any atom is -0.353 e. The minimum atomic E-state index is 0.110. The van der Waals surface area contributed by atoms with Crippen molar-refractivity contribution >= 4 is 5.91 Å². The first kappa shape index (κ1) is 11.5. The minimum absolute atomic E-state index is 0.110. The van der Waals surface area contributed by atoms with Crippen LogP contribution in [0.25, 0.3) is 0 Å². The van der Waals surface area contributed by atoms with Crippen molar-refractivity contribution in [3.05, 3.63) is 0 Å². The molecule has 0 bridgehead atoms. The molecule has 0 spiro atoms. The van der Waals surface area contributed by atoms with Gasteiger partial charge in [-0.25, -0.2) is 0 Å². The Labute approximate surface area is 86.4 Å². The van der Waals surface area contributed by atoms with Crippen molar-refractivity contribution in [2.24, 2.45) is 17.6 Å². The molecule has 3 atom stereocenters. The van der Waals surface area contributed by atoms with Crippen LogP contribution in [0.3, 0.4) is 0 Å². The fourth-order valence-electron chi connectivity index (χ4n) is 2.29. The summed E-state index contributed by atoms with van der Waals surface area (Å²) in [5.41, 5.74) is 5.33.